The van der Waals surface area contributed by atoms with E-state index in [1.54, 1.807) is 13.0 Å². The number of ketones is 1. The van der Waals surface area contributed by atoms with Gasteiger partial charge in [-0.2, -0.15) is 0 Å². The fourth-order valence-electron chi connectivity index (χ4n) is 2.02. The summed E-state index contributed by atoms with van der Waals surface area (Å²) in [6.45, 7) is 7.49. The second kappa shape index (κ2) is 7.54. The molecule has 1 heterocycles. The van der Waals surface area contributed by atoms with Crippen LogP contribution in [0.4, 0.5) is 0 Å². The summed E-state index contributed by atoms with van der Waals surface area (Å²) >= 11 is 1.52. The molecule has 1 aliphatic rings. The number of allylic oxidation sites excluding steroid dienone is 3. The zero-order chi connectivity index (χ0) is 13.5. The Morgan fingerprint density at radius 1 is 1.56 bits per heavy atom. The van der Waals surface area contributed by atoms with Crippen molar-refractivity contribution in [2.24, 2.45) is 10.7 Å². The standard InChI is InChI=1S/C14H22N2OS/c1-4-6-7-9-12-13(10(3)17)11(8-5-2)16-14(15)18-12/h5,14H,2,4,6-9,15H2,1,3H3. The molecule has 0 aromatic rings. The summed E-state index contributed by atoms with van der Waals surface area (Å²) in [4.78, 5) is 17.3. The van der Waals surface area contributed by atoms with Crippen LogP contribution in [0.15, 0.2) is 28.1 Å². The van der Waals surface area contributed by atoms with Crippen molar-refractivity contribution in [1.29, 1.82) is 0 Å². The van der Waals surface area contributed by atoms with E-state index in [0.717, 1.165) is 29.0 Å². The molecule has 0 aliphatic carbocycles. The topological polar surface area (TPSA) is 55.4 Å². The van der Waals surface area contributed by atoms with Crippen LogP contribution in [0.5, 0.6) is 0 Å². The molecule has 0 aromatic carbocycles. The van der Waals surface area contributed by atoms with Gasteiger partial charge in [0.1, 0.15) is 5.50 Å². The van der Waals surface area contributed by atoms with Crippen LogP contribution in [0, 0.1) is 0 Å². The van der Waals surface area contributed by atoms with Crippen molar-refractivity contribution in [3.8, 4) is 0 Å². The highest BCUT2D eigenvalue weighted by molar-refractivity contribution is 8.03. The molecule has 100 valence electrons. The van der Waals surface area contributed by atoms with Crippen molar-refractivity contribution in [2.75, 3.05) is 0 Å². The molecule has 1 aliphatic heterocycles. The molecule has 0 saturated carbocycles. The molecule has 0 bridgehead atoms. The van der Waals surface area contributed by atoms with Gasteiger partial charge in [-0.25, -0.2) is 0 Å². The van der Waals surface area contributed by atoms with Crippen LogP contribution in [0.1, 0.15) is 46.0 Å². The Balaban J connectivity index is 2.95. The van der Waals surface area contributed by atoms with Crippen molar-refractivity contribution in [3.63, 3.8) is 0 Å². The highest BCUT2D eigenvalue weighted by Gasteiger charge is 2.24. The lowest BCUT2D eigenvalue weighted by molar-refractivity contribution is -0.113. The zero-order valence-electron chi connectivity index (χ0n) is 11.2. The predicted octanol–water partition coefficient (Wildman–Crippen LogP) is 3.42. The van der Waals surface area contributed by atoms with Crippen molar-refractivity contribution in [2.45, 2.75) is 51.4 Å². The van der Waals surface area contributed by atoms with E-state index in [1.165, 1.54) is 24.6 Å². The second-order valence-electron chi connectivity index (χ2n) is 4.39. The molecule has 1 rings (SSSR count). The van der Waals surface area contributed by atoms with Crippen molar-refractivity contribution < 1.29 is 4.79 Å². The van der Waals surface area contributed by atoms with Crippen LogP contribution >= 0.6 is 11.8 Å². The molecule has 0 spiro atoms. The van der Waals surface area contributed by atoms with E-state index in [-0.39, 0.29) is 11.3 Å². The molecule has 0 saturated heterocycles. The SMILES string of the molecule is C=CCC1=NC(N)SC(CCCCC)=C1C(C)=O. The maximum absolute atomic E-state index is 11.8. The van der Waals surface area contributed by atoms with Crippen LogP contribution in [0.2, 0.25) is 0 Å². The number of unbranched alkanes of at least 4 members (excludes halogenated alkanes) is 2. The van der Waals surface area contributed by atoms with E-state index in [1.807, 2.05) is 0 Å². The Morgan fingerprint density at radius 2 is 2.28 bits per heavy atom. The fraction of sp³-hybridized carbons (Fsp3) is 0.571. The van der Waals surface area contributed by atoms with Gasteiger partial charge in [0.05, 0.1) is 5.71 Å². The largest absolute Gasteiger partial charge is 0.301 e. The van der Waals surface area contributed by atoms with Crippen LogP contribution in [0.25, 0.3) is 0 Å². The molecule has 1 atom stereocenters. The lowest BCUT2D eigenvalue weighted by Crippen LogP contribution is -2.24. The monoisotopic (exact) mass is 266 g/mol. The summed E-state index contributed by atoms with van der Waals surface area (Å²) in [5.74, 6) is 0.0847. The molecular formula is C14H22N2OS. The van der Waals surface area contributed by atoms with Gasteiger partial charge in [0.2, 0.25) is 0 Å². The minimum atomic E-state index is -0.278. The molecule has 3 nitrogen and oxygen atoms in total. The first-order valence-electron chi connectivity index (χ1n) is 6.44. The smallest absolute Gasteiger partial charge is 0.162 e. The van der Waals surface area contributed by atoms with E-state index in [0.29, 0.717) is 6.42 Å². The maximum atomic E-state index is 11.8. The van der Waals surface area contributed by atoms with E-state index >= 15 is 0 Å². The number of hydrogen-bond donors (Lipinski definition) is 1. The lowest BCUT2D eigenvalue weighted by Gasteiger charge is -2.22. The summed E-state index contributed by atoms with van der Waals surface area (Å²) in [6, 6.07) is 0. The van der Waals surface area contributed by atoms with Gasteiger partial charge in [0.25, 0.3) is 0 Å². The first-order chi connectivity index (χ1) is 8.60. The number of nitrogens with zero attached hydrogens (tertiary/aromatic N) is 1. The van der Waals surface area contributed by atoms with E-state index in [4.69, 9.17) is 5.73 Å². The number of hydrogen-bond acceptors (Lipinski definition) is 4. The number of carbonyl (C=O) groups excluding carboxylic acids is 1. The average Bonchev–Trinajstić information content (AvgIpc) is 2.28. The van der Waals surface area contributed by atoms with E-state index in [2.05, 4.69) is 18.5 Å². The minimum Gasteiger partial charge on any atom is -0.301 e. The highest BCUT2D eigenvalue weighted by atomic mass is 32.2. The third-order valence-electron chi connectivity index (χ3n) is 2.81. The Hall–Kier alpha value is -0.870. The summed E-state index contributed by atoms with van der Waals surface area (Å²) < 4.78 is 0. The van der Waals surface area contributed by atoms with Crippen LogP contribution < -0.4 is 5.73 Å². The normalized spacial score (nSPS) is 19.7. The van der Waals surface area contributed by atoms with Crippen molar-refractivity contribution in [3.05, 3.63) is 23.1 Å². The Bertz CT molecular complexity index is 385. The summed E-state index contributed by atoms with van der Waals surface area (Å²) in [6.07, 6.45) is 6.76. The first kappa shape index (κ1) is 15.2. The molecule has 18 heavy (non-hydrogen) atoms. The molecule has 0 radical (unpaired) electrons. The van der Waals surface area contributed by atoms with Gasteiger partial charge in [0, 0.05) is 16.9 Å². The summed E-state index contributed by atoms with van der Waals surface area (Å²) in [5, 5.41) is 0. The molecule has 4 heteroatoms. The second-order valence-corrected chi connectivity index (χ2v) is 5.60. The average molecular weight is 266 g/mol. The highest BCUT2D eigenvalue weighted by Crippen LogP contribution is 2.34. The molecule has 1 unspecified atom stereocenters. The molecule has 0 fully saturated rings. The van der Waals surface area contributed by atoms with Crippen molar-refractivity contribution >= 4 is 23.3 Å². The van der Waals surface area contributed by atoms with Crippen LogP contribution in [-0.2, 0) is 4.79 Å². The minimum absolute atomic E-state index is 0.0847. The Morgan fingerprint density at radius 3 is 2.83 bits per heavy atom. The Kier molecular flexibility index (Phi) is 6.36. The third kappa shape index (κ3) is 4.10. The first-order valence-corrected chi connectivity index (χ1v) is 7.32. The maximum Gasteiger partial charge on any atom is 0.162 e. The van der Waals surface area contributed by atoms with Crippen LogP contribution in [0.3, 0.4) is 0 Å². The van der Waals surface area contributed by atoms with Gasteiger partial charge >= 0.3 is 0 Å². The number of carbonyl (C=O) groups is 1. The molecule has 2 N–H and O–H groups in total. The van der Waals surface area contributed by atoms with Gasteiger partial charge in [0.15, 0.2) is 5.78 Å². The third-order valence-corrected chi connectivity index (χ3v) is 3.85. The Labute approximate surface area is 114 Å². The number of thioether (sulfide) groups is 1. The number of aliphatic imine (C=N–C) groups is 1. The number of Topliss-reactive ketones (excluding diaryl/α,β-unsaturated/α-hetero) is 1. The fourth-order valence-corrected chi connectivity index (χ4v) is 3.13. The van der Waals surface area contributed by atoms with E-state index in [9.17, 15) is 4.79 Å². The molecule has 0 amide bonds. The van der Waals surface area contributed by atoms with Crippen molar-refractivity contribution in [1.82, 2.24) is 0 Å². The van der Waals surface area contributed by atoms with Gasteiger partial charge in [-0.3, -0.25) is 9.79 Å². The zero-order valence-corrected chi connectivity index (χ0v) is 12.1. The quantitative estimate of drug-likeness (QED) is 0.567. The van der Waals surface area contributed by atoms with Gasteiger partial charge in [-0.05, 0) is 19.8 Å². The van der Waals surface area contributed by atoms with Gasteiger partial charge in [-0.1, -0.05) is 37.6 Å². The molecule has 0 aromatic heterocycles. The summed E-state index contributed by atoms with van der Waals surface area (Å²) in [5.41, 5.74) is 7.21. The van der Waals surface area contributed by atoms with Crippen LogP contribution in [-0.4, -0.2) is 17.0 Å². The molecular weight excluding hydrogens is 244 g/mol. The predicted molar refractivity (Wildman–Crippen MR) is 79.7 cm³/mol. The van der Waals surface area contributed by atoms with Gasteiger partial charge < -0.3 is 5.73 Å². The summed E-state index contributed by atoms with van der Waals surface area (Å²) in [7, 11) is 0. The number of nitrogens with two attached hydrogens (primary N) is 1. The van der Waals surface area contributed by atoms with Gasteiger partial charge in [-0.15, -0.1) is 6.58 Å². The number of rotatable bonds is 7. The lowest BCUT2D eigenvalue weighted by atomic mass is 10.0. The van der Waals surface area contributed by atoms with E-state index < -0.39 is 0 Å².